The van der Waals surface area contributed by atoms with E-state index in [9.17, 15) is 31.1 Å². The molecule has 0 saturated heterocycles. The van der Waals surface area contributed by atoms with E-state index in [4.69, 9.17) is 0 Å². The van der Waals surface area contributed by atoms with E-state index in [-0.39, 0.29) is 24.2 Å². The lowest BCUT2D eigenvalue weighted by atomic mass is 10.0. The minimum absolute atomic E-state index is 0.0341. The Kier molecular flexibility index (Phi) is 6.53. The van der Waals surface area contributed by atoms with Gasteiger partial charge < -0.3 is 0 Å². The molecule has 0 aromatic heterocycles. The largest absolute Gasteiger partial charge is 0.315 e. The Balaban J connectivity index is 4.39. The summed E-state index contributed by atoms with van der Waals surface area (Å²) < 4.78 is 76.6. The molecule has 18 heavy (non-hydrogen) atoms. The van der Waals surface area contributed by atoms with Crippen molar-refractivity contribution in [2.75, 3.05) is 5.75 Å². The molecule has 0 N–H and O–H groups in total. The quantitative estimate of drug-likeness (QED) is 0.660. The summed E-state index contributed by atoms with van der Waals surface area (Å²) in [5, 5.41) is -0.330. The average Bonchev–Trinajstić information content (AvgIpc) is 2.26. The van der Waals surface area contributed by atoms with E-state index in [1.165, 1.54) is 6.92 Å². The molecule has 2 unspecified atom stereocenters. The van der Waals surface area contributed by atoms with Gasteiger partial charge in [-0.15, -0.1) is 0 Å². The highest BCUT2D eigenvalue weighted by Gasteiger charge is 2.57. The van der Waals surface area contributed by atoms with E-state index >= 15 is 0 Å². The third-order valence-corrected chi connectivity index (χ3v) is 3.17. The smallest absolute Gasteiger partial charge is 0.287 e. The van der Waals surface area contributed by atoms with E-state index in [1.54, 1.807) is 0 Å². The first-order valence-corrected chi connectivity index (χ1v) is 6.21. The van der Waals surface area contributed by atoms with Crippen molar-refractivity contribution in [3.05, 3.63) is 0 Å². The fraction of sp³-hybridized carbons (Fsp3) is 0.900. The number of alkyl halides is 6. The molecule has 0 aliphatic heterocycles. The van der Waals surface area contributed by atoms with Crippen LogP contribution in [-0.2, 0) is 4.79 Å². The highest BCUT2D eigenvalue weighted by molar-refractivity contribution is 8.13. The summed E-state index contributed by atoms with van der Waals surface area (Å²) in [5.41, 5.74) is 0. The summed E-state index contributed by atoms with van der Waals surface area (Å²) in [6.45, 7) is 1.50. The Morgan fingerprint density at radius 1 is 1.22 bits per heavy atom. The molecule has 0 aromatic rings. The van der Waals surface area contributed by atoms with Crippen LogP contribution in [-0.4, -0.2) is 35.1 Å². The third-order valence-electron chi connectivity index (χ3n) is 2.12. The molecule has 0 aliphatic carbocycles. The molecule has 0 saturated carbocycles. The fourth-order valence-electron chi connectivity index (χ4n) is 1.07. The van der Waals surface area contributed by atoms with Gasteiger partial charge in [0.25, 0.3) is 5.92 Å². The molecule has 0 spiro atoms. The Morgan fingerprint density at radius 3 is 2.11 bits per heavy atom. The van der Waals surface area contributed by atoms with Crippen molar-refractivity contribution in [3.8, 4) is 0 Å². The van der Waals surface area contributed by atoms with Gasteiger partial charge in [-0.2, -0.15) is 8.78 Å². The monoisotopic (exact) mass is 296 g/mol. The van der Waals surface area contributed by atoms with Crippen LogP contribution in [0.15, 0.2) is 0 Å². The molecule has 0 bridgehead atoms. The number of rotatable bonds is 7. The summed E-state index contributed by atoms with van der Waals surface area (Å²) in [5.74, 6) is -9.39. The predicted molar refractivity (Wildman–Crippen MR) is 57.7 cm³/mol. The lowest BCUT2D eigenvalue weighted by molar-refractivity contribution is -0.200. The van der Waals surface area contributed by atoms with Crippen molar-refractivity contribution in [2.24, 2.45) is 0 Å². The van der Waals surface area contributed by atoms with Crippen LogP contribution in [0.2, 0.25) is 0 Å². The Morgan fingerprint density at radius 2 is 1.72 bits per heavy atom. The summed E-state index contributed by atoms with van der Waals surface area (Å²) >= 11 is 0.618. The lowest BCUT2D eigenvalue weighted by Gasteiger charge is -2.27. The maximum absolute atomic E-state index is 13.1. The van der Waals surface area contributed by atoms with Crippen molar-refractivity contribution < 1.29 is 31.1 Å². The molecular formula is C10H14F6OS. The SMILES string of the molecule is CCC(=O)SCCC(F)C(F)(F)C(F)C(C)(F)F. The van der Waals surface area contributed by atoms with Gasteiger partial charge in [0, 0.05) is 19.1 Å². The minimum atomic E-state index is -4.77. The molecule has 1 nitrogen and oxygen atoms in total. The normalized spacial score (nSPS) is 16.4. The minimum Gasteiger partial charge on any atom is -0.287 e. The summed E-state index contributed by atoms with van der Waals surface area (Å²) in [6, 6.07) is 0. The van der Waals surface area contributed by atoms with Gasteiger partial charge in [-0.25, -0.2) is 17.6 Å². The van der Waals surface area contributed by atoms with E-state index in [2.05, 4.69) is 0 Å². The summed E-state index contributed by atoms with van der Waals surface area (Å²) in [4.78, 5) is 10.8. The van der Waals surface area contributed by atoms with Crippen molar-refractivity contribution >= 4 is 16.9 Å². The molecule has 0 fully saturated rings. The highest BCUT2D eigenvalue weighted by Crippen LogP contribution is 2.38. The lowest BCUT2D eigenvalue weighted by Crippen LogP contribution is -2.48. The van der Waals surface area contributed by atoms with Crippen LogP contribution in [0.4, 0.5) is 26.3 Å². The van der Waals surface area contributed by atoms with Gasteiger partial charge in [0.05, 0.1) is 0 Å². The van der Waals surface area contributed by atoms with E-state index in [1.807, 2.05) is 0 Å². The molecule has 0 aliphatic rings. The topological polar surface area (TPSA) is 17.1 Å². The van der Waals surface area contributed by atoms with Gasteiger partial charge in [-0.1, -0.05) is 18.7 Å². The van der Waals surface area contributed by atoms with E-state index < -0.39 is 30.6 Å². The fourth-order valence-corrected chi connectivity index (χ4v) is 1.82. The number of thioether (sulfide) groups is 1. The van der Waals surface area contributed by atoms with Gasteiger partial charge >= 0.3 is 5.92 Å². The van der Waals surface area contributed by atoms with Crippen LogP contribution in [0.1, 0.15) is 26.7 Å². The zero-order valence-corrected chi connectivity index (χ0v) is 10.7. The molecule has 0 heterocycles. The van der Waals surface area contributed by atoms with Crippen LogP contribution in [0, 0.1) is 0 Å². The molecule has 8 heteroatoms. The van der Waals surface area contributed by atoms with Crippen molar-refractivity contribution in [2.45, 2.75) is 50.9 Å². The number of carbonyl (C=O) groups is 1. The average molecular weight is 296 g/mol. The molecular weight excluding hydrogens is 282 g/mol. The zero-order chi connectivity index (χ0) is 14.6. The number of hydrogen-bond acceptors (Lipinski definition) is 2. The van der Waals surface area contributed by atoms with Gasteiger partial charge in [0.1, 0.15) is 0 Å². The van der Waals surface area contributed by atoms with Crippen molar-refractivity contribution in [3.63, 3.8) is 0 Å². The first-order valence-electron chi connectivity index (χ1n) is 5.22. The first kappa shape index (κ1) is 17.6. The molecule has 2 atom stereocenters. The molecule has 0 radical (unpaired) electrons. The molecule has 0 amide bonds. The summed E-state index contributed by atoms with van der Waals surface area (Å²) in [6.07, 6.45) is -7.64. The van der Waals surface area contributed by atoms with E-state index in [0.29, 0.717) is 11.8 Å². The van der Waals surface area contributed by atoms with Crippen molar-refractivity contribution in [1.29, 1.82) is 0 Å². The number of hydrogen-bond donors (Lipinski definition) is 0. The van der Waals surface area contributed by atoms with Crippen LogP contribution < -0.4 is 0 Å². The van der Waals surface area contributed by atoms with E-state index in [0.717, 1.165) is 0 Å². The molecule has 0 aromatic carbocycles. The van der Waals surface area contributed by atoms with Gasteiger partial charge in [-0.3, -0.25) is 4.79 Å². The number of carbonyl (C=O) groups excluding carboxylic acids is 1. The van der Waals surface area contributed by atoms with Crippen LogP contribution >= 0.6 is 11.8 Å². The highest BCUT2D eigenvalue weighted by atomic mass is 32.2. The second kappa shape index (κ2) is 6.68. The first-order chi connectivity index (χ1) is 8.03. The maximum Gasteiger partial charge on any atom is 0.315 e. The van der Waals surface area contributed by atoms with Crippen LogP contribution in [0.5, 0.6) is 0 Å². The molecule has 0 rings (SSSR count). The zero-order valence-electron chi connectivity index (χ0n) is 9.86. The Labute approximate surface area is 105 Å². The van der Waals surface area contributed by atoms with Gasteiger partial charge in [0.2, 0.25) is 6.17 Å². The second-order valence-corrected chi connectivity index (χ2v) is 4.98. The standard InChI is InChI=1S/C10H14F6OS/c1-3-7(17)18-5-4-6(11)10(15,16)8(12)9(2,13)14/h6,8H,3-5H2,1-2H3. The second-order valence-electron chi connectivity index (χ2n) is 3.82. The predicted octanol–water partition coefficient (Wildman–Crippen LogP) is 4.01. The van der Waals surface area contributed by atoms with Crippen LogP contribution in [0.25, 0.3) is 0 Å². The van der Waals surface area contributed by atoms with Crippen molar-refractivity contribution in [1.82, 2.24) is 0 Å². The maximum atomic E-state index is 13.1. The number of halogens is 6. The molecule has 108 valence electrons. The summed E-state index contributed by atoms with van der Waals surface area (Å²) in [7, 11) is 0. The van der Waals surface area contributed by atoms with Gasteiger partial charge in [0.15, 0.2) is 11.3 Å². The van der Waals surface area contributed by atoms with Gasteiger partial charge in [-0.05, 0) is 6.42 Å². The Bertz CT molecular complexity index is 278. The van der Waals surface area contributed by atoms with Crippen LogP contribution in [0.3, 0.4) is 0 Å². The Hall–Kier alpha value is -0.400. The third kappa shape index (κ3) is 5.07.